The normalized spacial score (nSPS) is 22.4. The van der Waals surface area contributed by atoms with Crippen LogP contribution in [0.3, 0.4) is 0 Å². The summed E-state index contributed by atoms with van der Waals surface area (Å²) in [5.74, 6) is 0.638. The van der Waals surface area contributed by atoms with Gasteiger partial charge < -0.3 is 10.6 Å². The van der Waals surface area contributed by atoms with Crippen molar-refractivity contribution in [3.05, 3.63) is 42.2 Å². The maximum atomic E-state index is 13.0. The number of halogens is 3. The van der Waals surface area contributed by atoms with Gasteiger partial charge in [0.25, 0.3) is 0 Å². The predicted molar refractivity (Wildman–Crippen MR) is 117 cm³/mol. The summed E-state index contributed by atoms with van der Waals surface area (Å²) in [5, 5.41) is 6.07. The summed E-state index contributed by atoms with van der Waals surface area (Å²) in [5.41, 5.74) is 0.877. The first-order chi connectivity index (χ1) is 15.2. The Labute approximate surface area is 185 Å². The predicted octanol–water partition coefficient (Wildman–Crippen LogP) is 4.00. The summed E-state index contributed by atoms with van der Waals surface area (Å²) >= 11 is 0. The number of anilines is 1. The van der Waals surface area contributed by atoms with E-state index in [1.165, 1.54) is 43.7 Å². The SMILES string of the molecule is C=C(C)C1CCC(N2CC(NC(=O)CNc3ncnc4ccc(C(F)(F)F)cc34)C2)CC1. The summed E-state index contributed by atoms with van der Waals surface area (Å²) in [6, 6.07) is 3.97. The van der Waals surface area contributed by atoms with Crippen molar-refractivity contribution in [1.29, 1.82) is 0 Å². The minimum Gasteiger partial charge on any atom is -0.360 e. The lowest BCUT2D eigenvalue weighted by Crippen LogP contribution is -2.63. The van der Waals surface area contributed by atoms with Gasteiger partial charge in [0.2, 0.25) is 5.91 Å². The molecule has 1 saturated heterocycles. The molecule has 2 heterocycles. The van der Waals surface area contributed by atoms with Gasteiger partial charge in [-0.15, -0.1) is 0 Å². The monoisotopic (exact) mass is 447 g/mol. The van der Waals surface area contributed by atoms with Crippen LogP contribution < -0.4 is 10.6 Å². The second-order valence-corrected chi connectivity index (χ2v) is 8.88. The number of nitrogens with zero attached hydrogens (tertiary/aromatic N) is 3. The molecule has 9 heteroatoms. The molecule has 0 spiro atoms. The number of likely N-dealkylation sites (tertiary alicyclic amines) is 1. The fourth-order valence-corrected chi connectivity index (χ4v) is 4.65. The Kier molecular flexibility index (Phi) is 6.37. The van der Waals surface area contributed by atoms with Gasteiger partial charge in [0.1, 0.15) is 12.1 Å². The molecule has 32 heavy (non-hydrogen) atoms. The molecule has 2 N–H and O–H groups in total. The van der Waals surface area contributed by atoms with E-state index in [9.17, 15) is 18.0 Å². The average Bonchev–Trinajstić information content (AvgIpc) is 2.73. The molecule has 1 aromatic carbocycles. The molecule has 1 saturated carbocycles. The second-order valence-electron chi connectivity index (χ2n) is 8.88. The number of hydrogen-bond donors (Lipinski definition) is 2. The largest absolute Gasteiger partial charge is 0.416 e. The molecule has 1 aliphatic carbocycles. The van der Waals surface area contributed by atoms with E-state index in [0.717, 1.165) is 25.2 Å². The molecule has 1 amide bonds. The summed E-state index contributed by atoms with van der Waals surface area (Å²) < 4.78 is 39.1. The lowest BCUT2D eigenvalue weighted by molar-refractivity contribution is -0.137. The van der Waals surface area contributed by atoms with Crippen LogP contribution in [0, 0.1) is 5.92 Å². The smallest absolute Gasteiger partial charge is 0.360 e. The lowest BCUT2D eigenvalue weighted by atomic mass is 9.81. The van der Waals surface area contributed by atoms with Gasteiger partial charge in [0.15, 0.2) is 0 Å². The number of fused-ring (bicyclic) bond motifs is 1. The van der Waals surface area contributed by atoms with Crippen LogP contribution in [-0.4, -0.2) is 52.5 Å². The molecule has 1 aromatic heterocycles. The molecular weight excluding hydrogens is 419 g/mol. The maximum absolute atomic E-state index is 13.0. The van der Waals surface area contributed by atoms with Crippen molar-refractivity contribution in [1.82, 2.24) is 20.2 Å². The number of carbonyl (C=O) groups is 1. The van der Waals surface area contributed by atoms with Crippen molar-refractivity contribution >= 4 is 22.6 Å². The molecule has 2 fully saturated rings. The number of hydrogen-bond acceptors (Lipinski definition) is 5. The van der Waals surface area contributed by atoms with Gasteiger partial charge in [0, 0.05) is 24.5 Å². The molecule has 2 aromatic rings. The molecule has 4 rings (SSSR count). The third kappa shape index (κ3) is 5.03. The number of rotatable bonds is 6. The lowest BCUT2D eigenvalue weighted by Gasteiger charge is -2.46. The van der Waals surface area contributed by atoms with Crippen molar-refractivity contribution in [3.8, 4) is 0 Å². The highest BCUT2D eigenvalue weighted by Gasteiger charge is 2.35. The molecule has 0 radical (unpaired) electrons. The highest BCUT2D eigenvalue weighted by atomic mass is 19.4. The fraction of sp³-hybridized carbons (Fsp3) is 0.522. The first kappa shape index (κ1) is 22.5. The van der Waals surface area contributed by atoms with Crippen molar-refractivity contribution in [2.45, 2.75) is 50.9 Å². The Bertz CT molecular complexity index is 995. The number of allylic oxidation sites excluding steroid dienone is 1. The zero-order chi connectivity index (χ0) is 22.9. The van der Waals surface area contributed by atoms with Crippen LogP contribution in [0.2, 0.25) is 0 Å². The second kappa shape index (κ2) is 9.05. The van der Waals surface area contributed by atoms with Crippen LogP contribution in [0.1, 0.15) is 38.2 Å². The van der Waals surface area contributed by atoms with Crippen LogP contribution >= 0.6 is 0 Å². The molecule has 6 nitrogen and oxygen atoms in total. The Morgan fingerprint density at radius 2 is 1.91 bits per heavy atom. The Morgan fingerprint density at radius 3 is 2.56 bits per heavy atom. The van der Waals surface area contributed by atoms with Gasteiger partial charge in [0.05, 0.1) is 23.7 Å². The molecule has 0 bridgehead atoms. The highest BCUT2D eigenvalue weighted by Crippen LogP contribution is 2.34. The fourth-order valence-electron chi connectivity index (χ4n) is 4.65. The van der Waals surface area contributed by atoms with E-state index >= 15 is 0 Å². The van der Waals surface area contributed by atoms with E-state index in [4.69, 9.17) is 0 Å². The first-order valence-corrected chi connectivity index (χ1v) is 11.0. The number of carbonyl (C=O) groups excluding carboxylic acids is 1. The van der Waals surface area contributed by atoms with Gasteiger partial charge in [-0.3, -0.25) is 9.69 Å². The zero-order valence-corrected chi connectivity index (χ0v) is 18.1. The molecule has 0 atom stereocenters. The Balaban J connectivity index is 1.26. The van der Waals surface area contributed by atoms with Crippen molar-refractivity contribution in [2.24, 2.45) is 5.92 Å². The molecular formula is C23H28F3N5O. The Morgan fingerprint density at radius 1 is 1.19 bits per heavy atom. The van der Waals surface area contributed by atoms with Crippen LogP contribution in [-0.2, 0) is 11.0 Å². The van der Waals surface area contributed by atoms with Crippen LogP contribution in [0.15, 0.2) is 36.7 Å². The molecule has 172 valence electrons. The molecule has 2 aliphatic rings. The van der Waals surface area contributed by atoms with Gasteiger partial charge in [-0.2, -0.15) is 13.2 Å². The summed E-state index contributed by atoms with van der Waals surface area (Å²) in [7, 11) is 0. The third-order valence-corrected chi connectivity index (χ3v) is 6.56. The van der Waals surface area contributed by atoms with Crippen LogP contribution in [0.5, 0.6) is 0 Å². The third-order valence-electron chi connectivity index (χ3n) is 6.56. The van der Waals surface area contributed by atoms with Gasteiger partial charge in [-0.05, 0) is 56.7 Å². The van der Waals surface area contributed by atoms with Crippen molar-refractivity contribution in [3.63, 3.8) is 0 Å². The topological polar surface area (TPSA) is 70.2 Å². The van der Waals surface area contributed by atoms with Crippen molar-refractivity contribution in [2.75, 3.05) is 25.0 Å². The summed E-state index contributed by atoms with van der Waals surface area (Å²) in [4.78, 5) is 22.8. The summed E-state index contributed by atoms with van der Waals surface area (Å²) in [6.45, 7) is 7.78. The minimum atomic E-state index is -4.46. The maximum Gasteiger partial charge on any atom is 0.416 e. The number of aromatic nitrogens is 2. The standard InChI is InChI=1S/C23H28F3N5O/c1-14(2)15-3-6-18(7-4-15)31-11-17(12-31)30-21(32)10-27-22-19-9-16(23(24,25)26)5-8-20(19)28-13-29-22/h5,8-9,13,15,17-18H,1,3-4,6-7,10-12H2,2H3,(H,30,32)(H,27,28,29). The Hall–Kier alpha value is -2.68. The van der Waals surface area contributed by atoms with Gasteiger partial charge in [-0.25, -0.2) is 9.97 Å². The van der Waals surface area contributed by atoms with Gasteiger partial charge in [-0.1, -0.05) is 12.2 Å². The molecule has 1 aliphatic heterocycles. The average molecular weight is 448 g/mol. The van der Waals surface area contributed by atoms with E-state index < -0.39 is 11.7 Å². The zero-order valence-electron chi connectivity index (χ0n) is 18.1. The van der Waals surface area contributed by atoms with Crippen LogP contribution in [0.25, 0.3) is 10.9 Å². The molecule has 0 unspecified atom stereocenters. The van der Waals surface area contributed by atoms with E-state index in [2.05, 4.69) is 39.0 Å². The summed E-state index contributed by atoms with van der Waals surface area (Å²) in [6.07, 6.45) is 1.50. The number of alkyl halides is 3. The first-order valence-electron chi connectivity index (χ1n) is 11.0. The van der Waals surface area contributed by atoms with Crippen molar-refractivity contribution < 1.29 is 18.0 Å². The van der Waals surface area contributed by atoms with E-state index in [0.29, 0.717) is 17.5 Å². The number of nitrogens with one attached hydrogen (secondary N) is 2. The minimum absolute atomic E-state index is 0.0669. The van der Waals surface area contributed by atoms with Crippen LogP contribution in [0.4, 0.5) is 19.0 Å². The van der Waals surface area contributed by atoms with E-state index in [-0.39, 0.29) is 29.7 Å². The van der Waals surface area contributed by atoms with E-state index in [1.54, 1.807) is 0 Å². The number of amides is 1. The quantitative estimate of drug-likeness (QED) is 0.656. The van der Waals surface area contributed by atoms with E-state index in [1.807, 2.05) is 0 Å². The van der Waals surface area contributed by atoms with Gasteiger partial charge >= 0.3 is 6.18 Å². The highest BCUT2D eigenvalue weighted by molar-refractivity contribution is 5.91. The number of benzene rings is 1.